The molecule has 0 spiro atoms. The molecule has 2 amide bonds. The minimum Gasteiger partial charge on any atom is -0.508 e. The van der Waals surface area contributed by atoms with Crippen molar-refractivity contribution in [1.82, 2.24) is 5.32 Å². The molecule has 1 aliphatic heterocycles. The molecule has 7 heteroatoms. The van der Waals surface area contributed by atoms with Gasteiger partial charge in [-0.3, -0.25) is 0 Å². The van der Waals surface area contributed by atoms with Crippen LogP contribution in [-0.2, 0) is 0 Å². The molecule has 0 radical (unpaired) electrons. The van der Waals surface area contributed by atoms with Gasteiger partial charge >= 0.3 is 6.03 Å². The minimum atomic E-state index is -0.741. The van der Waals surface area contributed by atoms with E-state index in [0.717, 1.165) is 0 Å². The summed E-state index contributed by atoms with van der Waals surface area (Å²) in [6.45, 7) is 0.0748. The summed E-state index contributed by atoms with van der Waals surface area (Å²) in [5.41, 5.74) is 6.28. The van der Waals surface area contributed by atoms with Gasteiger partial charge in [0.2, 0.25) is 6.79 Å². The van der Waals surface area contributed by atoms with Crippen molar-refractivity contribution in [2.75, 3.05) is 6.79 Å². The summed E-state index contributed by atoms with van der Waals surface area (Å²) in [5, 5.41) is 22.1. The Balaban J connectivity index is 2.06. The first kappa shape index (κ1) is 13.9. The van der Waals surface area contributed by atoms with E-state index in [4.69, 9.17) is 15.2 Å². The predicted molar refractivity (Wildman–Crippen MR) is 76.9 cm³/mol. The molecule has 0 aliphatic carbocycles. The van der Waals surface area contributed by atoms with E-state index in [1.165, 1.54) is 18.2 Å². The van der Waals surface area contributed by atoms with Gasteiger partial charge in [-0.15, -0.1) is 0 Å². The van der Waals surface area contributed by atoms with Crippen molar-refractivity contribution in [3.8, 4) is 23.0 Å². The first-order chi connectivity index (χ1) is 10.5. The van der Waals surface area contributed by atoms with Gasteiger partial charge < -0.3 is 30.7 Å². The maximum atomic E-state index is 11.3. The van der Waals surface area contributed by atoms with Crippen LogP contribution in [0.5, 0.6) is 23.0 Å². The topological polar surface area (TPSA) is 114 Å². The minimum absolute atomic E-state index is 0.0592. The number of ether oxygens (including phenoxy) is 2. The summed E-state index contributed by atoms with van der Waals surface area (Å²) in [4.78, 5) is 11.3. The summed E-state index contributed by atoms with van der Waals surface area (Å²) in [6.07, 6.45) is 0. The number of carbonyl (C=O) groups excluding carboxylic acids is 1. The van der Waals surface area contributed by atoms with Gasteiger partial charge in [0.05, 0.1) is 6.04 Å². The molecule has 2 aromatic carbocycles. The highest BCUT2D eigenvalue weighted by Crippen LogP contribution is 2.41. The molecule has 0 saturated heterocycles. The largest absolute Gasteiger partial charge is 0.508 e. The number of hydrogen-bond acceptors (Lipinski definition) is 5. The Morgan fingerprint density at radius 1 is 1.14 bits per heavy atom. The molecule has 0 fully saturated rings. The summed E-state index contributed by atoms with van der Waals surface area (Å²) in [6, 6.07) is 7.80. The number of benzene rings is 2. The number of hydrogen-bond donors (Lipinski definition) is 4. The lowest BCUT2D eigenvalue weighted by molar-refractivity contribution is 0.174. The summed E-state index contributed by atoms with van der Waals surface area (Å²) in [5.74, 6) is 0.945. The number of carbonyl (C=O) groups is 1. The number of fused-ring (bicyclic) bond motifs is 1. The van der Waals surface area contributed by atoms with E-state index >= 15 is 0 Å². The van der Waals surface area contributed by atoms with Crippen molar-refractivity contribution in [1.29, 1.82) is 0 Å². The van der Waals surface area contributed by atoms with E-state index in [-0.39, 0.29) is 18.3 Å². The van der Waals surface area contributed by atoms with Gasteiger partial charge in [-0.25, -0.2) is 4.79 Å². The average molecular weight is 302 g/mol. The van der Waals surface area contributed by atoms with Crippen molar-refractivity contribution < 1.29 is 24.5 Å². The lowest BCUT2D eigenvalue weighted by Gasteiger charge is -2.20. The molecule has 3 rings (SSSR count). The Morgan fingerprint density at radius 2 is 1.77 bits per heavy atom. The van der Waals surface area contributed by atoms with Gasteiger partial charge in [0.25, 0.3) is 0 Å². The van der Waals surface area contributed by atoms with E-state index in [1.807, 2.05) is 0 Å². The third-order valence-corrected chi connectivity index (χ3v) is 3.35. The second-order valence-corrected chi connectivity index (χ2v) is 4.80. The lowest BCUT2D eigenvalue weighted by Crippen LogP contribution is -2.33. The summed E-state index contributed by atoms with van der Waals surface area (Å²) < 4.78 is 10.5. The van der Waals surface area contributed by atoms with E-state index in [2.05, 4.69) is 5.32 Å². The molecule has 22 heavy (non-hydrogen) atoms. The van der Waals surface area contributed by atoms with Crippen LogP contribution in [0.3, 0.4) is 0 Å². The van der Waals surface area contributed by atoms with E-state index < -0.39 is 12.1 Å². The SMILES string of the molecule is NC(=O)NC(c1ccc(O)cc1)c1cc2c(cc1O)OCO2. The number of urea groups is 1. The van der Waals surface area contributed by atoms with Crippen LogP contribution in [0.25, 0.3) is 0 Å². The van der Waals surface area contributed by atoms with Crippen LogP contribution in [0, 0.1) is 0 Å². The van der Waals surface area contributed by atoms with Crippen molar-refractivity contribution in [3.63, 3.8) is 0 Å². The van der Waals surface area contributed by atoms with Crippen molar-refractivity contribution >= 4 is 6.03 Å². The monoisotopic (exact) mass is 302 g/mol. The maximum absolute atomic E-state index is 11.3. The summed E-state index contributed by atoms with van der Waals surface area (Å²) in [7, 11) is 0. The Labute approximate surface area is 125 Å². The molecule has 7 nitrogen and oxygen atoms in total. The number of phenols is 2. The number of phenolic OH excluding ortho intramolecular Hbond substituents is 2. The number of amides is 2. The van der Waals surface area contributed by atoms with Crippen LogP contribution in [-0.4, -0.2) is 23.0 Å². The standard InChI is InChI=1S/C15H14N2O5/c16-15(20)17-14(8-1-3-9(18)4-2-8)10-5-12-13(6-11(10)19)22-7-21-12/h1-6,14,18-19H,7H2,(H3,16,17,20). The molecule has 1 heterocycles. The van der Waals surface area contributed by atoms with Crippen LogP contribution in [0.1, 0.15) is 17.2 Å². The van der Waals surface area contributed by atoms with E-state index in [1.54, 1.807) is 18.2 Å². The maximum Gasteiger partial charge on any atom is 0.312 e. The molecule has 5 N–H and O–H groups in total. The molecule has 0 aromatic heterocycles. The fraction of sp³-hybridized carbons (Fsp3) is 0.133. The van der Waals surface area contributed by atoms with Crippen LogP contribution >= 0.6 is 0 Å². The van der Waals surface area contributed by atoms with Crippen molar-refractivity contribution in [3.05, 3.63) is 47.5 Å². The average Bonchev–Trinajstić information content (AvgIpc) is 2.92. The Bertz CT molecular complexity index is 715. The zero-order chi connectivity index (χ0) is 15.7. The Morgan fingerprint density at radius 3 is 2.41 bits per heavy atom. The van der Waals surface area contributed by atoms with Crippen LogP contribution in [0.4, 0.5) is 4.79 Å². The predicted octanol–water partition coefficient (Wildman–Crippen LogP) is 1.58. The lowest BCUT2D eigenvalue weighted by atomic mass is 9.97. The van der Waals surface area contributed by atoms with E-state index in [0.29, 0.717) is 22.6 Å². The molecular weight excluding hydrogens is 288 g/mol. The summed E-state index contributed by atoms with van der Waals surface area (Å²) >= 11 is 0. The van der Waals surface area contributed by atoms with Gasteiger partial charge in [-0.2, -0.15) is 0 Å². The fourth-order valence-corrected chi connectivity index (χ4v) is 2.33. The molecule has 1 unspecified atom stereocenters. The van der Waals surface area contributed by atoms with Gasteiger partial charge in [0, 0.05) is 11.6 Å². The first-order valence-electron chi connectivity index (χ1n) is 6.52. The molecule has 0 saturated carbocycles. The Hall–Kier alpha value is -3.09. The highest BCUT2D eigenvalue weighted by atomic mass is 16.7. The Kier molecular flexibility index (Phi) is 3.38. The van der Waals surface area contributed by atoms with Gasteiger partial charge in [0.1, 0.15) is 11.5 Å². The fourth-order valence-electron chi connectivity index (χ4n) is 2.33. The van der Waals surface area contributed by atoms with Crippen LogP contribution in [0.15, 0.2) is 36.4 Å². The van der Waals surface area contributed by atoms with E-state index in [9.17, 15) is 15.0 Å². The molecule has 1 aliphatic rings. The normalized spacial score (nSPS) is 13.6. The highest BCUT2D eigenvalue weighted by Gasteiger charge is 2.24. The zero-order valence-electron chi connectivity index (χ0n) is 11.4. The molecule has 0 bridgehead atoms. The number of nitrogens with one attached hydrogen (secondary N) is 1. The second kappa shape index (κ2) is 5.36. The molecular formula is C15H14N2O5. The van der Waals surface area contributed by atoms with Crippen molar-refractivity contribution in [2.24, 2.45) is 5.73 Å². The number of nitrogens with two attached hydrogens (primary N) is 1. The van der Waals surface area contributed by atoms with Crippen molar-refractivity contribution in [2.45, 2.75) is 6.04 Å². The number of rotatable bonds is 3. The molecule has 1 atom stereocenters. The first-order valence-corrected chi connectivity index (χ1v) is 6.52. The smallest absolute Gasteiger partial charge is 0.312 e. The molecule has 114 valence electrons. The van der Waals surface area contributed by atoms with Crippen LogP contribution < -0.4 is 20.5 Å². The third kappa shape index (κ3) is 2.56. The van der Waals surface area contributed by atoms with Crippen LogP contribution in [0.2, 0.25) is 0 Å². The molecule has 2 aromatic rings. The second-order valence-electron chi connectivity index (χ2n) is 4.80. The number of aromatic hydroxyl groups is 2. The quantitative estimate of drug-likeness (QED) is 0.687. The third-order valence-electron chi connectivity index (χ3n) is 3.35. The number of primary amides is 1. The zero-order valence-corrected chi connectivity index (χ0v) is 11.4. The van der Waals surface area contributed by atoms with Gasteiger partial charge in [-0.1, -0.05) is 12.1 Å². The van der Waals surface area contributed by atoms with Gasteiger partial charge in [-0.05, 0) is 23.8 Å². The highest BCUT2D eigenvalue weighted by molar-refractivity contribution is 5.73. The van der Waals surface area contributed by atoms with Gasteiger partial charge in [0.15, 0.2) is 11.5 Å².